The lowest BCUT2D eigenvalue weighted by Gasteiger charge is -2.36. The summed E-state index contributed by atoms with van der Waals surface area (Å²) < 4.78 is 19.5. The summed E-state index contributed by atoms with van der Waals surface area (Å²) in [6.45, 7) is 0.693. The Hall–Kier alpha value is -2.64. The van der Waals surface area contributed by atoms with Gasteiger partial charge in [-0.2, -0.15) is 0 Å². The molecule has 2 N–H and O–H groups in total. The number of nitrogens with one attached hydrogen (secondary N) is 2. The lowest BCUT2D eigenvalue weighted by molar-refractivity contribution is -0.135. The molecule has 5 rings (SSSR count). The number of ether oxygens (including phenoxy) is 1. The van der Waals surface area contributed by atoms with Crippen molar-refractivity contribution in [3.63, 3.8) is 0 Å². The number of methoxy groups -OCH3 is 1. The third-order valence-corrected chi connectivity index (χ3v) is 6.80. The van der Waals surface area contributed by atoms with Gasteiger partial charge in [-0.3, -0.25) is 14.5 Å². The Morgan fingerprint density at radius 3 is 2.97 bits per heavy atom. The van der Waals surface area contributed by atoms with E-state index in [2.05, 4.69) is 15.5 Å². The smallest absolute Gasteiger partial charge is 0.250 e. The molecular weight excluding hydrogens is 409 g/mol. The lowest BCUT2D eigenvalue weighted by Crippen LogP contribution is -2.53. The zero-order chi connectivity index (χ0) is 21.0. The first-order chi connectivity index (χ1) is 14.4. The van der Waals surface area contributed by atoms with Gasteiger partial charge in [0.1, 0.15) is 17.1 Å². The number of benzene rings is 2. The minimum atomic E-state index is -1.21. The summed E-state index contributed by atoms with van der Waals surface area (Å²) in [5.41, 5.74) is 0.325. The quantitative estimate of drug-likeness (QED) is 0.779. The monoisotopic (exact) mass is 429 g/mol. The van der Waals surface area contributed by atoms with E-state index in [9.17, 15) is 14.0 Å². The fourth-order valence-electron chi connectivity index (χ4n) is 5.39. The van der Waals surface area contributed by atoms with E-state index in [1.807, 2.05) is 0 Å². The first-order valence-corrected chi connectivity index (χ1v) is 10.4. The van der Waals surface area contributed by atoms with E-state index >= 15 is 0 Å². The zero-order valence-electron chi connectivity index (χ0n) is 16.4. The molecule has 3 heterocycles. The maximum absolute atomic E-state index is 14.2. The molecule has 2 aromatic carbocycles. The summed E-state index contributed by atoms with van der Waals surface area (Å²) in [6.07, 6.45) is 2.38. The van der Waals surface area contributed by atoms with E-state index < -0.39 is 17.3 Å². The van der Waals surface area contributed by atoms with Crippen LogP contribution >= 0.6 is 11.6 Å². The van der Waals surface area contributed by atoms with Crippen molar-refractivity contribution in [1.29, 1.82) is 0 Å². The molecule has 6 nitrogen and oxygen atoms in total. The number of hydrogen-bond acceptors (Lipinski definition) is 4. The molecule has 2 fully saturated rings. The topological polar surface area (TPSA) is 70.7 Å². The van der Waals surface area contributed by atoms with Gasteiger partial charge in [-0.05, 0) is 62.2 Å². The Kier molecular flexibility index (Phi) is 4.48. The van der Waals surface area contributed by atoms with Crippen LogP contribution in [0.15, 0.2) is 36.4 Å². The Labute approximate surface area is 178 Å². The number of amides is 2. The predicted molar refractivity (Wildman–Crippen MR) is 111 cm³/mol. The molecule has 3 aliphatic heterocycles. The summed E-state index contributed by atoms with van der Waals surface area (Å²) in [4.78, 5) is 29.0. The molecule has 156 valence electrons. The van der Waals surface area contributed by atoms with E-state index in [0.717, 1.165) is 12.8 Å². The second-order valence-electron chi connectivity index (χ2n) is 8.02. The van der Waals surface area contributed by atoms with Gasteiger partial charge >= 0.3 is 0 Å². The minimum Gasteiger partial charge on any atom is -0.495 e. The summed E-state index contributed by atoms with van der Waals surface area (Å²) in [6, 6.07) is 9.33. The second-order valence-corrected chi connectivity index (χ2v) is 8.46. The van der Waals surface area contributed by atoms with Gasteiger partial charge in [-0.15, -0.1) is 0 Å². The molecule has 30 heavy (non-hydrogen) atoms. The third kappa shape index (κ3) is 2.65. The van der Waals surface area contributed by atoms with Gasteiger partial charge in [0.15, 0.2) is 0 Å². The average Bonchev–Trinajstić information content (AvgIpc) is 3.37. The highest BCUT2D eigenvalue weighted by Crippen LogP contribution is 2.55. The van der Waals surface area contributed by atoms with Crippen LogP contribution in [0.25, 0.3) is 0 Å². The largest absolute Gasteiger partial charge is 0.495 e. The molecular formula is C22H21ClFN3O3. The predicted octanol–water partition coefficient (Wildman–Crippen LogP) is 3.76. The number of carbonyl (C=O) groups excluding carboxylic acids is 2. The molecule has 0 radical (unpaired) electrons. The van der Waals surface area contributed by atoms with Crippen LogP contribution in [0.2, 0.25) is 5.02 Å². The van der Waals surface area contributed by atoms with E-state index in [0.29, 0.717) is 40.7 Å². The number of fused-ring (bicyclic) bond motifs is 4. The highest BCUT2D eigenvalue weighted by atomic mass is 35.5. The molecule has 2 amide bonds. The lowest BCUT2D eigenvalue weighted by atomic mass is 9.78. The van der Waals surface area contributed by atoms with Crippen molar-refractivity contribution in [3.05, 3.63) is 52.8 Å². The van der Waals surface area contributed by atoms with Crippen LogP contribution in [0, 0.1) is 11.7 Å². The molecule has 2 saturated heterocycles. The fourth-order valence-corrected chi connectivity index (χ4v) is 5.57. The number of hydrogen-bond donors (Lipinski definition) is 2. The Balaban J connectivity index is 1.59. The standard InChI is InChI=1S/C22H21ClFN3O3/c1-30-19-7-4-12(23)9-18(19)25-20(28)16-11-14-3-2-8-27(14)22(16)15-10-13(24)5-6-17(15)26-21(22)29/h4-7,9-10,14,16H,2-3,8,11H2,1H3,(H,25,28)(H,26,29)/t14-,16+,22-/m1/s1. The molecule has 0 unspecified atom stereocenters. The van der Waals surface area contributed by atoms with Crippen LogP contribution < -0.4 is 15.4 Å². The molecule has 0 aliphatic carbocycles. The molecule has 3 atom stereocenters. The van der Waals surface area contributed by atoms with Crippen molar-refractivity contribution >= 4 is 34.8 Å². The third-order valence-electron chi connectivity index (χ3n) is 6.56. The minimum absolute atomic E-state index is 0.0991. The van der Waals surface area contributed by atoms with Crippen molar-refractivity contribution in [1.82, 2.24) is 4.90 Å². The number of nitrogens with zero attached hydrogens (tertiary/aromatic N) is 1. The van der Waals surface area contributed by atoms with Gasteiger partial charge in [-0.1, -0.05) is 11.6 Å². The van der Waals surface area contributed by atoms with Crippen molar-refractivity contribution in [2.24, 2.45) is 5.92 Å². The van der Waals surface area contributed by atoms with E-state index in [1.165, 1.54) is 19.2 Å². The van der Waals surface area contributed by atoms with Gasteiger partial charge < -0.3 is 15.4 Å². The van der Waals surface area contributed by atoms with Crippen molar-refractivity contribution in [3.8, 4) is 5.75 Å². The van der Waals surface area contributed by atoms with Crippen LogP contribution in [0.1, 0.15) is 24.8 Å². The van der Waals surface area contributed by atoms with Crippen molar-refractivity contribution in [2.45, 2.75) is 30.8 Å². The molecule has 2 aromatic rings. The van der Waals surface area contributed by atoms with Crippen LogP contribution in [-0.4, -0.2) is 36.4 Å². The second kappa shape index (κ2) is 6.96. The number of halogens is 2. The van der Waals surface area contributed by atoms with Gasteiger partial charge in [0.2, 0.25) is 11.8 Å². The number of rotatable bonds is 3. The Morgan fingerprint density at radius 1 is 1.33 bits per heavy atom. The Bertz CT molecular complexity index is 1060. The highest BCUT2D eigenvalue weighted by Gasteiger charge is 2.65. The summed E-state index contributed by atoms with van der Waals surface area (Å²) in [5.74, 6) is -1.21. The maximum Gasteiger partial charge on any atom is 0.250 e. The number of carbonyl (C=O) groups is 2. The van der Waals surface area contributed by atoms with Crippen LogP contribution in [0.4, 0.5) is 15.8 Å². The molecule has 8 heteroatoms. The zero-order valence-corrected chi connectivity index (χ0v) is 17.1. The first kappa shape index (κ1) is 19.3. The maximum atomic E-state index is 14.2. The Morgan fingerprint density at radius 2 is 2.17 bits per heavy atom. The first-order valence-electron chi connectivity index (χ1n) is 9.97. The number of anilines is 2. The summed E-state index contributed by atoms with van der Waals surface area (Å²) >= 11 is 6.10. The average molecular weight is 430 g/mol. The van der Waals surface area contributed by atoms with Gasteiger partial charge in [0.05, 0.1) is 18.7 Å². The van der Waals surface area contributed by atoms with Crippen molar-refractivity contribution < 1.29 is 18.7 Å². The SMILES string of the molecule is COc1ccc(Cl)cc1NC(=O)[C@@H]1C[C@H]2CCCN2[C@@]12C(=O)Nc1ccc(F)cc12. The van der Waals surface area contributed by atoms with Crippen LogP contribution in [-0.2, 0) is 15.1 Å². The van der Waals surface area contributed by atoms with Gasteiger partial charge in [-0.25, -0.2) is 4.39 Å². The summed E-state index contributed by atoms with van der Waals surface area (Å²) in [7, 11) is 1.51. The molecule has 0 saturated carbocycles. The van der Waals surface area contributed by atoms with E-state index in [1.54, 1.807) is 24.3 Å². The van der Waals surface area contributed by atoms with Crippen molar-refractivity contribution in [2.75, 3.05) is 24.3 Å². The van der Waals surface area contributed by atoms with E-state index in [4.69, 9.17) is 16.3 Å². The normalized spacial score (nSPS) is 27.1. The fraction of sp³-hybridized carbons (Fsp3) is 0.364. The van der Waals surface area contributed by atoms with Gasteiger partial charge in [0, 0.05) is 22.3 Å². The molecule has 1 spiro atoms. The van der Waals surface area contributed by atoms with E-state index in [-0.39, 0.29) is 17.9 Å². The summed E-state index contributed by atoms with van der Waals surface area (Å²) in [5, 5.41) is 6.24. The van der Waals surface area contributed by atoms with Crippen LogP contribution in [0.5, 0.6) is 5.75 Å². The molecule has 3 aliphatic rings. The molecule has 0 bridgehead atoms. The molecule has 0 aromatic heterocycles. The van der Waals surface area contributed by atoms with Crippen LogP contribution in [0.3, 0.4) is 0 Å². The highest BCUT2D eigenvalue weighted by molar-refractivity contribution is 6.31. The van der Waals surface area contributed by atoms with Gasteiger partial charge in [0.25, 0.3) is 0 Å².